The van der Waals surface area contributed by atoms with Crippen molar-refractivity contribution in [3.63, 3.8) is 0 Å². The zero-order chi connectivity index (χ0) is 22.2. The molecule has 0 heterocycles. The van der Waals surface area contributed by atoms with E-state index in [4.69, 9.17) is 20.9 Å². The summed E-state index contributed by atoms with van der Waals surface area (Å²) in [5.74, 6) is 0.927. The molecule has 4 aromatic carbocycles. The maximum Gasteiger partial charge on any atom is 0.198 e. The number of carbonyl (C=O) groups excluding carboxylic acids is 2. The van der Waals surface area contributed by atoms with E-state index in [9.17, 15) is 9.59 Å². The number of hydrogen-bond acceptors (Lipinski definition) is 6. The lowest BCUT2D eigenvalue weighted by Gasteiger charge is -2.23. The van der Waals surface area contributed by atoms with Crippen LogP contribution in [0.4, 0.5) is 11.4 Å². The molecule has 156 valence electrons. The van der Waals surface area contributed by atoms with Gasteiger partial charge in [-0.3, -0.25) is 9.59 Å². The van der Waals surface area contributed by atoms with Crippen LogP contribution in [0, 0.1) is 0 Å². The summed E-state index contributed by atoms with van der Waals surface area (Å²) in [6.45, 7) is 0. The molecule has 6 heteroatoms. The molecule has 0 atom stereocenters. The Kier molecular flexibility index (Phi) is 4.60. The van der Waals surface area contributed by atoms with E-state index in [1.54, 1.807) is 48.5 Å². The molecule has 0 spiro atoms. The van der Waals surface area contributed by atoms with Gasteiger partial charge in [0, 0.05) is 11.1 Å². The van der Waals surface area contributed by atoms with Gasteiger partial charge in [-0.2, -0.15) is 0 Å². The van der Waals surface area contributed by atoms with E-state index in [0.717, 1.165) is 0 Å². The maximum atomic E-state index is 13.5. The lowest BCUT2D eigenvalue weighted by molar-refractivity contribution is 0.0980. The SMILES string of the molecule is Nc1c(Oc2ccccc2)ccc2c1C(=O)c1c(ccc(Oc3ccccc3)c1N)C2=O. The molecule has 6 nitrogen and oxygen atoms in total. The predicted molar refractivity (Wildman–Crippen MR) is 122 cm³/mol. The molecule has 0 unspecified atom stereocenters. The van der Waals surface area contributed by atoms with Crippen LogP contribution in [0.2, 0.25) is 0 Å². The molecule has 0 radical (unpaired) electrons. The maximum absolute atomic E-state index is 13.5. The monoisotopic (exact) mass is 422 g/mol. The summed E-state index contributed by atoms with van der Waals surface area (Å²) >= 11 is 0. The first-order valence-electron chi connectivity index (χ1n) is 9.94. The van der Waals surface area contributed by atoms with Crippen molar-refractivity contribution in [1.82, 2.24) is 0 Å². The predicted octanol–water partition coefficient (Wildman–Crippen LogP) is 5.21. The normalized spacial score (nSPS) is 12.1. The van der Waals surface area contributed by atoms with Crippen molar-refractivity contribution in [1.29, 1.82) is 0 Å². The number of rotatable bonds is 4. The molecule has 0 aliphatic heterocycles. The highest BCUT2D eigenvalue weighted by Crippen LogP contribution is 2.42. The standard InChI is InChI=1S/C26H18N2O4/c27-23-19(31-15-7-3-1-4-8-15)13-11-17-21(23)26(30)22-18(25(17)29)12-14-20(24(22)28)32-16-9-5-2-6-10-16/h1-14H,27-28H2. The average molecular weight is 422 g/mol. The van der Waals surface area contributed by atoms with E-state index in [1.165, 1.54) is 0 Å². The van der Waals surface area contributed by atoms with Crippen molar-refractivity contribution in [2.75, 3.05) is 11.5 Å². The lowest BCUT2D eigenvalue weighted by atomic mass is 9.82. The first-order valence-corrected chi connectivity index (χ1v) is 9.94. The van der Waals surface area contributed by atoms with Gasteiger partial charge < -0.3 is 20.9 Å². The molecule has 0 amide bonds. The summed E-state index contributed by atoms with van der Waals surface area (Å²) in [6.07, 6.45) is 0. The number of ketones is 2. The summed E-state index contributed by atoms with van der Waals surface area (Å²) < 4.78 is 11.7. The molecular formula is C26H18N2O4. The Bertz CT molecular complexity index is 1260. The van der Waals surface area contributed by atoms with Gasteiger partial charge in [-0.15, -0.1) is 0 Å². The van der Waals surface area contributed by atoms with Crippen molar-refractivity contribution in [3.05, 3.63) is 107 Å². The fourth-order valence-electron chi connectivity index (χ4n) is 3.75. The fraction of sp³-hybridized carbons (Fsp3) is 0. The summed E-state index contributed by atoms with van der Waals surface area (Å²) in [4.78, 5) is 26.6. The largest absolute Gasteiger partial charge is 0.455 e. The molecule has 0 fully saturated rings. The first kappa shape index (κ1) is 19.4. The first-order chi connectivity index (χ1) is 15.5. The molecule has 0 saturated carbocycles. The minimum atomic E-state index is -0.443. The quantitative estimate of drug-likeness (QED) is 0.385. The van der Waals surface area contributed by atoms with Gasteiger partial charge in [0.25, 0.3) is 0 Å². The van der Waals surface area contributed by atoms with Gasteiger partial charge in [0.05, 0.1) is 22.5 Å². The molecule has 1 aliphatic rings. The Balaban J connectivity index is 1.58. The number of anilines is 2. The minimum Gasteiger partial charge on any atom is -0.455 e. The third-order valence-electron chi connectivity index (χ3n) is 5.30. The van der Waals surface area contributed by atoms with Crippen LogP contribution in [0.5, 0.6) is 23.0 Å². The number of para-hydroxylation sites is 2. The van der Waals surface area contributed by atoms with E-state index in [0.29, 0.717) is 11.5 Å². The van der Waals surface area contributed by atoms with Crippen LogP contribution in [0.25, 0.3) is 0 Å². The lowest BCUT2D eigenvalue weighted by Crippen LogP contribution is -2.24. The van der Waals surface area contributed by atoms with Crippen molar-refractivity contribution < 1.29 is 19.1 Å². The van der Waals surface area contributed by atoms with E-state index >= 15 is 0 Å². The zero-order valence-electron chi connectivity index (χ0n) is 16.9. The molecule has 4 aromatic rings. The van der Waals surface area contributed by atoms with Crippen LogP contribution in [-0.2, 0) is 0 Å². The van der Waals surface area contributed by atoms with Crippen LogP contribution in [0.15, 0.2) is 84.9 Å². The van der Waals surface area contributed by atoms with Gasteiger partial charge in [0.15, 0.2) is 23.1 Å². The molecule has 1 aliphatic carbocycles. The summed E-state index contributed by atoms with van der Waals surface area (Å²) in [5.41, 5.74) is 13.4. The molecule has 32 heavy (non-hydrogen) atoms. The van der Waals surface area contributed by atoms with Crippen LogP contribution in [0.3, 0.4) is 0 Å². The fourth-order valence-corrected chi connectivity index (χ4v) is 3.75. The number of nitrogens with two attached hydrogens (primary N) is 2. The molecular weight excluding hydrogens is 404 g/mol. The third-order valence-corrected chi connectivity index (χ3v) is 5.30. The average Bonchev–Trinajstić information content (AvgIpc) is 2.81. The van der Waals surface area contributed by atoms with E-state index in [-0.39, 0.29) is 50.9 Å². The second-order valence-corrected chi connectivity index (χ2v) is 7.29. The molecule has 0 bridgehead atoms. The second-order valence-electron chi connectivity index (χ2n) is 7.29. The van der Waals surface area contributed by atoms with Gasteiger partial charge in [-0.1, -0.05) is 36.4 Å². The minimum absolute atomic E-state index is 0.0829. The number of carbonyl (C=O) groups is 2. The van der Waals surface area contributed by atoms with E-state index in [2.05, 4.69) is 0 Å². The highest BCUT2D eigenvalue weighted by Gasteiger charge is 2.35. The topological polar surface area (TPSA) is 105 Å². The highest BCUT2D eigenvalue weighted by atomic mass is 16.5. The van der Waals surface area contributed by atoms with E-state index in [1.807, 2.05) is 36.4 Å². The number of hydrogen-bond donors (Lipinski definition) is 2. The van der Waals surface area contributed by atoms with Gasteiger partial charge >= 0.3 is 0 Å². The second kappa shape index (κ2) is 7.59. The Morgan fingerprint density at radius 3 is 1.31 bits per heavy atom. The number of fused-ring (bicyclic) bond motifs is 2. The van der Waals surface area contributed by atoms with Crippen molar-refractivity contribution >= 4 is 22.9 Å². The molecule has 0 aromatic heterocycles. The third kappa shape index (κ3) is 3.15. The molecule has 0 saturated heterocycles. The van der Waals surface area contributed by atoms with Crippen LogP contribution < -0.4 is 20.9 Å². The van der Waals surface area contributed by atoms with E-state index < -0.39 is 5.78 Å². The number of ether oxygens (including phenoxy) is 2. The molecule has 4 N–H and O–H groups in total. The Morgan fingerprint density at radius 2 is 0.906 bits per heavy atom. The van der Waals surface area contributed by atoms with Crippen LogP contribution >= 0.6 is 0 Å². The van der Waals surface area contributed by atoms with Crippen molar-refractivity contribution in [3.8, 4) is 23.0 Å². The smallest absolute Gasteiger partial charge is 0.198 e. The molecule has 5 rings (SSSR count). The van der Waals surface area contributed by atoms with Crippen LogP contribution in [0.1, 0.15) is 31.8 Å². The van der Waals surface area contributed by atoms with Gasteiger partial charge in [-0.25, -0.2) is 0 Å². The Labute approximate surface area is 184 Å². The summed E-state index contributed by atoms with van der Waals surface area (Å²) in [5, 5.41) is 0. The zero-order valence-corrected chi connectivity index (χ0v) is 16.9. The van der Waals surface area contributed by atoms with Gasteiger partial charge in [-0.05, 0) is 48.5 Å². The van der Waals surface area contributed by atoms with Crippen LogP contribution in [-0.4, -0.2) is 11.6 Å². The van der Waals surface area contributed by atoms with Gasteiger partial charge in [0.1, 0.15) is 11.5 Å². The summed E-state index contributed by atoms with van der Waals surface area (Å²) in [6, 6.07) is 24.4. The Hall–Kier alpha value is -4.58. The summed E-state index contributed by atoms with van der Waals surface area (Å²) in [7, 11) is 0. The van der Waals surface area contributed by atoms with Crippen molar-refractivity contribution in [2.45, 2.75) is 0 Å². The van der Waals surface area contributed by atoms with Gasteiger partial charge in [0.2, 0.25) is 0 Å². The van der Waals surface area contributed by atoms with Crippen molar-refractivity contribution in [2.24, 2.45) is 0 Å². The number of nitrogen functional groups attached to an aromatic ring is 2. The number of benzene rings is 4. The Morgan fingerprint density at radius 1 is 0.500 bits per heavy atom. The highest BCUT2D eigenvalue weighted by molar-refractivity contribution is 6.32.